The van der Waals surface area contributed by atoms with E-state index in [2.05, 4.69) is 27.4 Å². The molecule has 2 heterocycles. The second kappa shape index (κ2) is 4.63. The molecule has 17 heavy (non-hydrogen) atoms. The van der Waals surface area contributed by atoms with E-state index in [-0.39, 0.29) is 0 Å². The molecule has 1 unspecified atom stereocenters. The second-order valence-electron chi connectivity index (χ2n) is 4.34. The third-order valence-corrected chi connectivity index (χ3v) is 3.15. The van der Waals surface area contributed by atoms with E-state index >= 15 is 0 Å². The fourth-order valence-corrected chi connectivity index (χ4v) is 2.20. The Bertz CT molecular complexity index is 473. The Hall–Kier alpha value is -1.74. The molecule has 2 aromatic rings. The largest absolute Gasteiger partial charge is 0.307 e. The Morgan fingerprint density at radius 3 is 2.41 bits per heavy atom. The highest BCUT2D eigenvalue weighted by molar-refractivity contribution is 5.60. The van der Waals surface area contributed by atoms with Gasteiger partial charge in [0.2, 0.25) is 0 Å². The van der Waals surface area contributed by atoms with E-state index in [1.807, 2.05) is 30.6 Å². The summed E-state index contributed by atoms with van der Waals surface area (Å²) in [7, 11) is 0. The second-order valence-corrected chi connectivity index (χ2v) is 4.34. The lowest BCUT2D eigenvalue weighted by Gasteiger charge is -2.08. The summed E-state index contributed by atoms with van der Waals surface area (Å²) in [4.78, 5) is 8.93. The van der Waals surface area contributed by atoms with Crippen molar-refractivity contribution in [1.29, 1.82) is 0 Å². The molecule has 3 heteroatoms. The molecular formula is C14H15N3. The van der Waals surface area contributed by atoms with Crippen LogP contribution in [0.5, 0.6) is 0 Å². The Morgan fingerprint density at radius 2 is 1.76 bits per heavy atom. The van der Waals surface area contributed by atoms with Crippen LogP contribution in [0.15, 0.2) is 42.7 Å². The molecule has 86 valence electrons. The molecule has 0 bridgehead atoms. The van der Waals surface area contributed by atoms with Gasteiger partial charge in [-0.3, -0.25) is 0 Å². The Balaban J connectivity index is 1.85. The summed E-state index contributed by atoms with van der Waals surface area (Å²) in [6.45, 7) is 1.08. The average molecular weight is 225 g/mol. The highest BCUT2D eigenvalue weighted by Crippen LogP contribution is 2.21. The number of hydrogen-bond acceptors (Lipinski definition) is 3. The van der Waals surface area contributed by atoms with Crippen molar-refractivity contribution in [1.82, 2.24) is 15.3 Å². The molecule has 0 radical (unpaired) electrons. The number of aromatic nitrogens is 2. The van der Waals surface area contributed by atoms with Gasteiger partial charge in [0.15, 0.2) is 0 Å². The van der Waals surface area contributed by atoms with Crippen molar-refractivity contribution in [2.75, 3.05) is 6.54 Å². The molecular weight excluding hydrogens is 210 g/mol. The van der Waals surface area contributed by atoms with Gasteiger partial charge in [-0.2, -0.15) is 0 Å². The minimum absolute atomic E-state index is 0.347. The zero-order chi connectivity index (χ0) is 11.5. The molecule has 0 aliphatic carbocycles. The maximum atomic E-state index is 4.46. The maximum absolute atomic E-state index is 4.46. The normalized spacial score (nSPS) is 19.4. The Morgan fingerprint density at radius 1 is 1.00 bits per heavy atom. The molecule has 1 aliphatic rings. The topological polar surface area (TPSA) is 37.8 Å². The molecule has 1 aromatic heterocycles. The molecule has 0 saturated carbocycles. The van der Waals surface area contributed by atoms with Gasteiger partial charge in [-0.05, 0) is 24.9 Å². The minimum atomic E-state index is 0.347. The van der Waals surface area contributed by atoms with E-state index in [9.17, 15) is 0 Å². The lowest BCUT2D eigenvalue weighted by atomic mass is 10.1. The number of hydrogen-bond donors (Lipinski definition) is 1. The predicted octanol–water partition coefficient (Wildman–Crippen LogP) is 2.57. The number of nitrogens with one attached hydrogen (secondary N) is 1. The van der Waals surface area contributed by atoms with Crippen molar-refractivity contribution < 1.29 is 0 Å². The van der Waals surface area contributed by atoms with Crippen LogP contribution < -0.4 is 5.32 Å². The molecule has 3 nitrogen and oxygen atoms in total. The van der Waals surface area contributed by atoms with Crippen LogP contribution >= 0.6 is 0 Å². The van der Waals surface area contributed by atoms with E-state index in [1.54, 1.807) is 0 Å². The molecule has 1 saturated heterocycles. The first-order chi connectivity index (χ1) is 8.43. The van der Waals surface area contributed by atoms with Gasteiger partial charge in [0.25, 0.3) is 0 Å². The monoisotopic (exact) mass is 225 g/mol. The summed E-state index contributed by atoms with van der Waals surface area (Å²) >= 11 is 0. The summed E-state index contributed by atoms with van der Waals surface area (Å²) in [6, 6.07) is 10.6. The fraction of sp³-hybridized carbons (Fsp3) is 0.286. The first-order valence-electron chi connectivity index (χ1n) is 6.04. The van der Waals surface area contributed by atoms with Gasteiger partial charge in [-0.25, -0.2) is 9.97 Å². The predicted molar refractivity (Wildman–Crippen MR) is 67.4 cm³/mol. The van der Waals surface area contributed by atoms with E-state index in [0.717, 1.165) is 24.4 Å². The minimum Gasteiger partial charge on any atom is -0.307 e. The van der Waals surface area contributed by atoms with Crippen LogP contribution in [0.4, 0.5) is 0 Å². The van der Waals surface area contributed by atoms with E-state index in [4.69, 9.17) is 0 Å². The smallest absolute Gasteiger partial charge is 0.145 e. The van der Waals surface area contributed by atoms with Crippen LogP contribution in [-0.4, -0.2) is 16.5 Å². The fourth-order valence-electron chi connectivity index (χ4n) is 2.20. The van der Waals surface area contributed by atoms with Crippen LogP contribution in [0, 0.1) is 0 Å². The molecule has 1 aliphatic heterocycles. The van der Waals surface area contributed by atoms with Gasteiger partial charge < -0.3 is 5.32 Å². The number of benzene rings is 1. The van der Waals surface area contributed by atoms with E-state index in [0.29, 0.717) is 6.04 Å². The lowest BCUT2D eigenvalue weighted by Crippen LogP contribution is -2.15. The number of rotatable bonds is 2. The number of nitrogens with zero attached hydrogens (tertiary/aromatic N) is 2. The standard InChI is InChI=1S/C14H15N3/c1-2-5-11(6-3-1)12-9-16-14(17-10-12)13-7-4-8-15-13/h1-3,5-6,9-10,13,15H,4,7-8H2. The van der Waals surface area contributed by atoms with Gasteiger partial charge in [0.05, 0.1) is 6.04 Å². The van der Waals surface area contributed by atoms with Crippen LogP contribution in [-0.2, 0) is 0 Å². The molecule has 1 atom stereocenters. The lowest BCUT2D eigenvalue weighted by molar-refractivity contribution is 0.605. The van der Waals surface area contributed by atoms with Gasteiger partial charge in [-0.1, -0.05) is 30.3 Å². The third-order valence-electron chi connectivity index (χ3n) is 3.15. The molecule has 1 aromatic carbocycles. The van der Waals surface area contributed by atoms with Crippen LogP contribution in [0.25, 0.3) is 11.1 Å². The summed E-state index contributed by atoms with van der Waals surface area (Å²) in [5, 5.41) is 3.41. The van der Waals surface area contributed by atoms with E-state index in [1.165, 1.54) is 12.0 Å². The highest BCUT2D eigenvalue weighted by Gasteiger charge is 2.18. The summed E-state index contributed by atoms with van der Waals surface area (Å²) < 4.78 is 0. The first-order valence-corrected chi connectivity index (χ1v) is 6.04. The van der Waals surface area contributed by atoms with E-state index < -0.39 is 0 Å². The van der Waals surface area contributed by atoms with Crippen LogP contribution in [0.3, 0.4) is 0 Å². The zero-order valence-corrected chi connectivity index (χ0v) is 9.63. The van der Waals surface area contributed by atoms with Crippen molar-refractivity contribution in [2.45, 2.75) is 18.9 Å². The highest BCUT2D eigenvalue weighted by atomic mass is 15.0. The summed E-state index contributed by atoms with van der Waals surface area (Å²) in [5.74, 6) is 0.919. The summed E-state index contributed by atoms with van der Waals surface area (Å²) in [6.07, 6.45) is 6.19. The van der Waals surface area contributed by atoms with Gasteiger partial charge in [0, 0.05) is 18.0 Å². The third kappa shape index (κ3) is 2.19. The molecule has 0 amide bonds. The van der Waals surface area contributed by atoms with Gasteiger partial charge in [-0.15, -0.1) is 0 Å². The molecule has 1 N–H and O–H groups in total. The Labute approximate surface area is 101 Å². The molecule has 0 spiro atoms. The van der Waals surface area contributed by atoms with Crippen molar-refractivity contribution >= 4 is 0 Å². The molecule has 1 fully saturated rings. The van der Waals surface area contributed by atoms with Crippen molar-refractivity contribution in [3.05, 3.63) is 48.5 Å². The quantitative estimate of drug-likeness (QED) is 0.853. The summed E-state index contributed by atoms with van der Waals surface area (Å²) in [5.41, 5.74) is 2.24. The van der Waals surface area contributed by atoms with Gasteiger partial charge in [0.1, 0.15) is 5.82 Å². The maximum Gasteiger partial charge on any atom is 0.145 e. The van der Waals surface area contributed by atoms with Crippen LogP contribution in [0.1, 0.15) is 24.7 Å². The van der Waals surface area contributed by atoms with Crippen LogP contribution in [0.2, 0.25) is 0 Å². The average Bonchev–Trinajstić information content (AvgIpc) is 2.94. The zero-order valence-electron chi connectivity index (χ0n) is 9.63. The van der Waals surface area contributed by atoms with Crippen molar-refractivity contribution in [3.8, 4) is 11.1 Å². The van der Waals surface area contributed by atoms with Crippen molar-refractivity contribution in [3.63, 3.8) is 0 Å². The van der Waals surface area contributed by atoms with Crippen molar-refractivity contribution in [2.24, 2.45) is 0 Å². The molecule has 3 rings (SSSR count). The van der Waals surface area contributed by atoms with Gasteiger partial charge >= 0.3 is 0 Å². The first kappa shape index (κ1) is 10.4. The SMILES string of the molecule is c1ccc(-c2cnc(C3CCCN3)nc2)cc1. The Kier molecular flexibility index (Phi) is 2.84.